The van der Waals surface area contributed by atoms with Crippen LogP contribution in [-0.4, -0.2) is 32.4 Å². The van der Waals surface area contributed by atoms with Crippen LogP contribution in [0.3, 0.4) is 0 Å². The quantitative estimate of drug-likeness (QED) is 0.422. The molecule has 0 unspecified atom stereocenters. The number of carbonyl (C=O) groups excluding carboxylic acids is 2. The van der Waals surface area contributed by atoms with E-state index in [1.807, 2.05) is 0 Å². The third-order valence-electron chi connectivity index (χ3n) is 6.39. The smallest absolute Gasteiger partial charge is 0.272 e. The van der Waals surface area contributed by atoms with E-state index in [-0.39, 0.29) is 22.4 Å². The summed E-state index contributed by atoms with van der Waals surface area (Å²) in [6, 6.07) is 9.13. The third kappa shape index (κ3) is 3.61. The van der Waals surface area contributed by atoms with Crippen molar-refractivity contribution in [3.63, 3.8) is 0 Å². The van der Waals surface area contributed by atoms with E-state index in [0.29, 0.717) is 35.5 Å². The summed E-state index contributed by atoms with van der Waals surface area (Å²) in [4.78, 5) is 40.7. The lowest BCUT2D eigenvalue weighted by Crippen LogP contribution is -2.55. The topological polar surface area (TPSA) is 82.8 Å². The molecule has 2 fully saturated rings. The Morgan fingerprint density at radius 2 is 1.94 bits per heavy atom. The van der Waals surface area contributed by atoms with Crippen molar-refractivity contribution in [2.24, 2.45) is 0 Å². The molecule has 174 valence electrons. The van der Waals surface area contributed by atoms with Crippen LogP contribution in [0.15, 0.2) is 55.0 Å². The molecule has 2 amide bonds. The molecule has 8 nitrogen and oxygen atoms in total. The van der Waals surface area contributed by atoms with Gasteiger partial charge in [-0.3, -0.25) is 19.5 Å². The van der Waals surface area contributed by atoms with Gasteiger partial charge < -0.3 is 15.1 Å². The number of nitrogens with zero attached hydrogens (tertiary/aromatic N) is 5. The van der Waals surface area contributed by atoms with Crippen molar-refractivity contribution in [2.45, 2.75) is 31.7 Å². The van der Waals surface area contributed by atoms with E-state index in [1.54, 1.807) is 36.1 Å². The summed E-state index contributed by atoms with van der Waals surface area (Å²) in [5.74, 6) is -1.27. The lowest BCUT2D eigenvalue weighted by molar-refractivity contribution is -0.123. The van der Waals surface area contributed by atoms with E-state index in [0.717, 1.165) is 6.42 Å². The first kappa shape index (κ1) is 22.6. The molecular formula is C25H19FN6O2S. The average Bonchev–Trinajstić information content (AvgIpc) is 3.06. The van der Waals surface area contributed by atoms with Crippen LogP contribution in [0.5, 0.6) is 0 Å². The largest absolute Gasteiger partial charge is 0.360 e. The zero-order valence-electron chi connectivity index (χ0n) is 18.7. The Hall–Kier alpha value is -4.23. The molecule has 1 N–H and O–H groups in total. The summed E-state index contributed by atoms with van der Waals surface area (Å²) in [6.45, 7) is 8.95. The van der Waals surface area contributed by atoms with Crippen LogP contribution < -0.4 is 15.1 Å². The Bertz CT molecular complexity index is 1420. The molecule has 0 bridgehead atoms. The molecule has 1 saturated heterocycles. The number of hydrogen-bond donors (Lipinski definition) is 1. The number of rotatable bonds is 4. The summed E-state index contributed by atoms with van der Waals surface area (Å²) in [5, 5.41) is 2.85. The maximum Gasteiger partial charge on any atom is 0.272 e. The zero-order chi connectivity index (χ0) is 24.7. The van der Waals surface area contributed by atoms with Gasteiger partial charge >= 0.3 is 0 Å². The van der Waals surface area contributed by atoms with Gasteiger partial charge in [-0.15, -0.1) is 4.98 Å². The van der Waals surface area contributed by atoms with Crippen LogP contribution in [0.2, 0.25) is 0 Å². The van der Waals surface area contributed by atoms with Crippen LogP contribution in [0.4, 0.5) is 27.3 Å². The minimum Gasteiger partial charge on any atom is -0.360 e. The van der Waals surface area contributed by atoms with Crippen LogP contribution in [-0.2, 0) is 4.79 Å². The number of pyridine rings is 2. The van der Waals surface area contributed by atoms with E-state index >= 15 is 4.39 Å². The Kier molecular flexibility index (Phi) is 5.49. The number of halogens is 1. The number of amides is 2. The van der Waals surface area contributed by atoms with E-state index in [4.69, 9.17) is 18.8 Å². The van der Waals surface area contributed by atoms with Crippen molar-refractivity contribution < 1.29 is 14.0 Å². The molecular weight excluding hydrogens is 467 g/mol. The summed E-state index contributed by atoms with van der Waals surface area (Å²) in [7, 11) is 0. The number of carbonyl (C=O) groups is 2. The van der Waals surface area contributed by atoms with Gasteiger partial charge in [0.25, 0.3) is 17.6 Å². The van der Waals surface area contributed by atoms with Gasteiger partial charge in [-0.05, 0) is 80.4 Å². The minimum absolute atomic E-state index is 0.129. The molecule has 1 spiro atoms. The monoisotopic (exact) mass is 486 g/mol. The van der Waals surface area contributed by atoms with Gasteiger partial charge in [0.05, 0.1) is 11.3 Å². The van der Waals surface area contributed by atoms with Crippen molar-refractivity contribution in [1.29, 1.82) is 0 Å². The van der Waals surface area contributed by atoms with Gasteiger partial charge in [0.15, 0.2) is 5.11 Å². The van der Waals surface area contributed by atoms with Crippen LogP contribution in [0.1, 0.15) is 35.2 Å². The lowest BCUT2D eigenvalue weighted by atomic mass is 9.75. The van der Waals surface area contributed by atoms with E-state index in [9.17, 15) is 9.59 Å². The standard InChI is InChI=1S/C25H19FN6O2S/c1-15-12-18(14-29-21(15)27-2)31-23(34)25(8-3-9-25)32(24(31)35)17-4-5-19(20(26)13-17)22(33)30-16-6-10-28-11-7-16/h4-7,10-14H,3,8-9H2,1H3,(H,28,30,33). The average molecular weight is 487 g/mol. The van der Waals surface area contributed by atoms with Gasteiger partial charge in [-0.25, -0.2) is 4.39 Å². The van der Waals surface area contributed by atoms with Crippen LogP contribution >= 0.6 is 12.2 Å². The molecule has 2 aromatic heterocycles. The second-order valence-corrected chi connectivity index (χ2v) is 8.81. The van der Waals surface area contributed by atoms with Crippen LogP contribution in [0.25, 0.3) is 4.85 Å². The van der Waals surface area contributed by atoms with Gasteiger partial charge in [0, 0.05) is 23.8 Å². The Labute approximate surface area is 206 Å². The lowest BCUT2D eigenvalue weighted by Gasteiger charge is -2.43. The highest BCUT2D eigenvalue weighted by atomic mass is 32.1. The fraction of sp³-hybridized carbons (Fsp3) is 0.200. The van der Waals surface area contributed by atoms with Gasteiger partial charge in [-0.2, -0.15) is 0 Å². The molecule has 3 aromatic rings. The molecule has 3 heterocycles. The van der Waals surface area contributed by atoms with E-state index < -0.39 is 17.3 Å². The molecule has 1 aliphatic heterocycles. The van der Waals surface area contributed by atoms with E-state index in [2.05, 4.69) is 20.1 Å². The van der Waals surface area contributed by atoms with Gasteiger partial charge in [-0.1, -0.05) is 6.57 Å². The second kappa shape index (κ2) is 8.52. The first-order valence-corrected chi connectivity index (χ1v) is 11.3. The maximum atomic E-state index is 15.1. The number of benzene rings is 1. The Morgan fingerprint density at radius 1 is 1.20 bits per heavy atom. The van der Waals surface area contributed by atoms with Gasteiger partial charge in [0.1, 0.15) is 17.6 Å². The van der Waals surface area contributed by atoms with E-state index in [1.165, 1.54) is 35.6 Å². The van der Waals surface area contributed by atoms with Crippen molar-refractivity contribution in [2.75, 3.05) is 15.1 Å². The second-order valence-electron chi connectivity index (χ2n) is 8.44. The molecule has 35 heavy (non-hydrogen) atoms. The number of aryl methyl sites for hydroxylation is 1. The highest BCUT2D eigenvalue weighted by Gasteiger charge is 2.59. The first-order chi connectivity index (χ1) is 16.9. The number of aromatic nitrogens is 2. The number of thiocarbonyl (C=S) groups is 1. The molecule has 1 aromatic carbocycles. The number of anilines is 3. The number of hydrogen-bond acceptors (Lipinski definition) is 5. The highest BCUT2D eigenvalue weighted by molar-refractivity contribution is 7.81. The number of nitrogens with one attached hydrogen (secondary N) is 1. The highest BCUT2D eigenvalue weighted by Crippen LogP contribution is 2.48. The molecule has 10 heteroatoms. The van der Waals surface area contributed by atoms with Crippen molar-refractivity contribution >= 4 is 52.0 Å². The van der Waals surface area contributed by atoms with Crippen LogP contribution in [0, 0.1) is 19.3 Å². The fourth-order valence-corrected chi connectivity index (χ4v) is 4.93. The maximum absolute atomic E-state index is 15.1. The molecule has 0 atom stereocenters. The SMILES string of the molecule is [C-]#[N+]c1ncc(N2C(=O)C3(CCC3)N(c3ccc(C(=O)Nc4ccncc4)c(F)c3)C2=S)cc1C. The zero-order valence-corrected chi connectivity index (χ0v) is 19.5. The molecule has 1 aliphatic carbocycles. The molecule has 0 radical (unpaired) electrons. The Balaban J connectivity index is 1.48. The Morgan fingerprint density at radius 3 is 2.54 bits per heavy atom. The minimum atomic E-state index is -0.906. The summed E-state index contributed by atoms with van der Waals surface area (Å²) in [6.07, 6.45) is 6.48. The van der Waals surface area contributed by atoms with Gasteiger partial charge in [0.2, 0.25) is 0 Å². The predicted octanol–water partition coefficient (Wildman–Crippen LogP) is 4.79. The van der Waals surface area contributed by atoms with Crippen molar-refractivity contribution in [3.8, 4) is 0 Å². The molecule has 1 saturated carbocycles. The first-order valence-electron chi connectivity index (χ1n) is 10.9. The summed E-state index contributed by atoms with van der Waals surface area (Å²) >= 11 is 5.71. The summed E-state index contributed by atoms with van der Waals surface area (Å²) in [5.41, 5.74) is 0.952. The predicted molar refractivity (Wildman–Crippen MR) is 133 cm³/mol. The normalized spacial score (nSPS) is 16.3. The third-order valence-corrected chi connectivity index (χ3v) is 6.75. The molecule has 2 aliphatic rings. The van der Waals surface area contributed by atoms with Crippen molar-refractivity contribution in [1.82, 2.24) is 9.97 Å². The fourth-order valence-electron chi connectivity index (χ4n) is 4.46. The summed E-state index contributed by atoms with van der Waals surface area (Å²) < 4.78 is 15.1. The van der Waals surface area contributed by atoms with Crippen molar-refractivity contribution in [3.05, 3.63) is 83.4 Å². The molecule has 5 rings (SSSR count).